The molecule has 3 N–H and O–H groups in total. The van der Waals surface area contributed by atoms with Gasteiger partial charge in [-0.15, -0.1) is 0 Å². The Bertz CT molecular complexity index is 1430. The predicted octanol–water partition coefficient (Wildman–Crippen LogP) is 6.57. The Hall–Kier alpha value is -2.58. The van der Waals surface area contributed by atoms with E-state index in [9.17, 15) is 28.6 Å². The van der Waals surface area contributed by atoms with Gasteiger partial charge in [-0.05, 0) is 101 Å². The van der Waals surface area contributed by atoms with Crippen LogP contribution >= 0.6 is 0 Å². The zero-order valence-electron chi connectivity index (χ0n) is 26.8. The van der Waals surface area contributed by atoms with Crippen LogP contribution in [-0.2, 0) is 0 Å². The molecule has 1 aromatic rings. The summed E-state index contributed by atoms with van der Waals surface area (Å²) in [6.07, 6.45) is 11.5. The molecule has 2 bridgehead atoms. The summed E-state index contributed by atoms with van der Waals surface area (Å²) in [5.74, 6) is -2.39. The molecule has 3 fully saturated rings. The molecule has 2 amide bonds. The Kier molecular flexibility index (Phi) is 7.48. The quantitative estimate of drug-likeness (QED) is 0.241. The number of amides is 2. The van der Waals surface area contributed by atoms with Gasteiger partial charge < -0.3 is 20.4 Å². The molecule has 240 valence electrons. The molecule has 8 heteroatoms. The van der Waals surface area contributed by atoms with E-state index in [0.717, 1.165) is 37.8 Å². The Morgan fingerprint density at radius 2 is 1.70 bits per heavy atom. The van der Waals surface area contributed by atoms with Gasteiger partial charge in [0.25, 0.3) is 0 Å². The van der Waals surface area contributed by atoms with Crippen molar-refractivity contribution < 1.29 is 28.6 Å². The van der Waals surface area contributed by atoms with Crippen LogP contribution in [0.1, 0.15) is 96.3 Å². The summed E-state index contributed by atoms with van der Waals surface area (Å²) in [5, 5.41) is 26.5. The van der Waals surface area contributed by atoms with Crippen molar-refractivity contribution in [2.24, 2.45) is 33.5 Å². The first-order chi connectivity index (χ1) is 20.7. The molecule has 44 heavy (non-hydrogen) atoms. The average Bonchev–Trinajstić information content (AvgIpc) is 3.23. The number of Topliss-reactive ketones (excluding diaryl/α,β-unsaturated/α-hetero) is 1. The van der Waals surface area contributed by atoms with Crippen LogP contribution in [0, 0.1) is 45.1 Å². The highest BCUT2D eigenvalue weighted by Crippen LogP contribution is 2.78. The maximum absolute atomic E-state index is 14.5. The van der Waals surface area contributed by atoms with E-state index < -0.39 is 39.6 Å². The first-order valence-corrected chi connectivity index (χ1v) is 16.6. The van der Waals surface area contributed by atoms with Crippen LogP contribution in [0.3, 0.4) is 0 Å². The molecule has 8 atom stereocenters. The predicted molar refractivity (Wildman–Crippen MR) is 165 cm³/mol. The van der Waals surface area contributed by atoms with Gasteiger partial charge in [0.1, 0.15) is 0 Å². The monoisotopic (exact) mass is 610 g/mol. The summed E-state index contributed by atoms with van der Waals surface area (Å²) >= 11 is 0. The van der Waals surface area contributed by atoms with Gasteiger partial charge in [-0.1, -0.05) is 39.0 Å². The number of halogens is 2. The number of nitrogens with one attached hydrogen (secondary N) is 1. The van der Waals surface area contributed by atoms with E-state index in [1.54, 1.807) is 4.90 Å². The minimum Gasteiger partial charge on any atom is -0.393 e. The van der Waals surface area contributed by atoms with Gasteiger partial charge in [0.15, 0.2) is 17.4 Å². The van der Waals surface area contributed by atoms with Gasteiger partial charge in [0.2, 0.25) is 0 Å². The van der Waals surface area contributed by atoms with E-state index in [4.69, 9.17) is 0 Å². The smallest absolute Gasteiger partial charge is 0.317 e. The van der Waals surface area contributed by atoms with Crippen molar-refractivity contribution in [2.75, 3.05) is 13.1 Å². The number of rotatable bonds is 7. The van der Waals surface area contributed by atoms with Crippen molar-refractivity contribution in [3.8, 4) is 0 Å². The fourth-order valence-corrected chi connectivity index (χ4v) is 10.6. The van der Waals surface area contributed by atoms with Crippen molar-refractivity contribution >= 4 is 11.8 Å². The van der Waals surface area contributed by atoms with Gasteiger partial charge >= 0.3 is 6.03 Å². The molecule has 0 heterocycles. The Morgan fingerprint density at radius 3 is 2.39 bits per heavy atom. The molecule has 6 aliphatic carbocycles. The number of urea groups is 1. The van der Waals surface area contributed by atoms with Crippen LogP contribution in [0.25, 0.3) is 0 Å². The number of allylic oxidation sites excluding steroid dienone is 4. The molecule has 1 aromatic carbocycles. The van der Waals surface area contributed by atoms with Gasteiger partial charge in [0.05, 0.1) is 18.2 Å². The van der Waals surface area contributed by atoms with Crippen LogP contribution in [0.4, 0.5) is 13.6 Å². The topological polar surface area (TPSA) is 89.9 Å². The molecular formula is C36H48F2N2O4. The lowest BCUT2D eigenvalue weighted by Crippen LogP contribution is -2.67. The van der Waals surface area contributed by atoms with Crippen molar-refractivity contribution in [2.45, 2.75) is 104 Å². The van der Waals surface area contributed by atoms with E-state index in [0.29, 0.717) is 37.8 Å². The maximum Gasteiger partial charge on any atom is 0.317 e. The van der Waals surface area contributed by atoms with Gasteiger partial charge in [-0.3, -0.25) is 4.79 Å². The highest BCUT2D eigenvalue weighted by Gasteiger charge is 2.74. The molecule has 2 spiro atoms. The third kappa shape index (κ3) is 4.22. The molecule has 0 radical (unpaired) electrons. The second-order valence-corrected chi connectivity index (χ2v) is 15.3. The van der Waals surface area contributed by atoms with Crippen LogP contribution < -0.4 is 5.32 Å². The van der Waals surface area contributed by atoms with Crippen molar-refractivity contribution in [1.29, 1.82) is 0 Å². The fourth-order valence-electron chi connectivity index (χ4n) is 10.6. The maximum atomic E-state index is 14.5. The second-order valence-electron chi connectivity index (χ2n) is 15.3. The van der Waals surface area contributed by atoms with E-state index >= 15 is 0 Å². The van der Waals surface area contributed by atoms with Gasteiger partial charge in [0, 0.05) is 40.0 Å². The lowest BCUT2D eigenvalue weighted by atomic mass is 9.32. The Balaban J connectivity index is 1.46. The largest absolute Gasteiger partial charge is 0.393 e. The van der Waals surface area contributed by atoms with Crippen molar-refractivity contribution in [3.05, 3.63) is 59.2 Å². The standard InChI is InChI=1S/C36H48F2N2O4/c1-6-17-40(31(43)39-22(2)3)21-35(44)14-11-29-33(35,5)13-10-28-32(4)12-9-24(41)19-34(32)15-16-36(28,29)25(20-34)30(42)23-7-8-26(37)27(38)18-23/h7-8,15-16,18,20,22,24,28-29,41,44H,6,9-14,17,19,21H2,1-5H3,(H,39,43). The van der Waals surface area contributed by atoms with E-state index in [1.165, 1.54) is 6.07 Å². The summed E-state index contributed by atoms with van der Waals surface area (Å²) in [7, 11) is 0. The number of hydrogen-bond donors (Lipinski definition) is 3. The molecule has 6 nitrogen and oxygen atoms in total. The molecule has 0 saturated heterocycles. The van der Waals surface area contributed by atoms with Crippen LogP contribution in [0.5, 0.6) is 0 Å². The molecule has 7 rings (SSSR count). The van der Waals surface area contributed by atoms with Crippen molar-refractivity contribution in [3.63, 3.8) is 0 Å². The van der Waals surface area contributed by atoms with E-state index in [2.05, 4.69) is 37.4 Å². The highest BCUT2D eigenvalue weighted by atomic mass is 19.2. The number of ketones is 1. The number of carbonyl (C=O) groups excluding carboxylic acids is 2. The van der Waals surface area contributed by atoms with Crippen LogP contribution in [0.2, 0.25) is 0 Å². The number of carbonyl (C=O) groups is 2. The zero-order valence-corrected chi connectivity index (χ0v) is 26.8. The van der Waals surface area contributed by atoms with Crippen LogP contribution in [0.15, 0.2) is 42.0 Å². The zero-order chi connectivity index (χ0) is 31.9. The summed E-state index contributed by atoms with van der Waals surface area (Å²) in [6, 6.07) is 3.14. The first-order valence-electron chi connectivity index (χ1n) is 16.6. The van der Waals surface area contributed by atoms with Gasteiger partial charge in [-0.2, -0.15) is 0 Å². The summed E-state index contributed by atoms with van der Waals surface area (Å²) in [4.78, 5) is 29.5. The number of benzene rings is 1. The van der Waals surface area contributed by atoms with Crippen molar-refractivity contribution in [1.82, 2.24) is 10.2 Å². The third-order valence-corrected chi connectivity index (χ3v) is 12.8. The molecule has 3 saturated carbocycles. The summed E-state index contributed by atoms with van der Waals surface area (Å²) in [5.41, 5.74) is -2.51. The summed E-state index contributed by atoms with van der Waals surface area (Å²) in [6.45, 7) is 11.0. The lowest BCUT2D eigenvalue weighted by molar-refractivity contribution is -0.174. The molecule has 0 aromatic heterocycles. The average molecular weight is 611 g/mol. The second kappa shape index (κ2) is 10.5. The number of fused-ring (bicyclic) bond motifs is 1. The van der Waals surface area contributed by atoms with E-state index in [-0.39, 0.29) is 47.2 Å². The van der Waals surface area contributed by atoms with Gasteiger partial charge in [-0.25, -0.2) is 13.6 Å². The normalized spacial score (nSPS) is 40.2. The van der Waals surface area contributed by atoms with Crippen LogP contribution in [-0.4, -0.2) is 57.8 Å². The number of hydrogen-bond acceptors (Lipinski definition) is 4. The number of aliphatic hydroxyl groups is 2. The third-order valence-electron chi connectivity index (χ3n) is 12.8. The SMILES string of the molecule is CCCN(CC1(O)CCC2C34C=CC5(C=C3C(=O)c3ccc(F)c(F)c3)CC(O)CCC5(C)C4CCC21C)C(=O)NC(C)C. The molecule has 6 aliphatic rings. The highest BCUT2D eigenvalue weighted by molar-refractivity contribution is 6.10. The Labute approximate surface area is 260 Å². The first kappa shape index (κ1) is 31.4. The Morgan fingerprint density at radius 1 is 1.02 bits per heavy atom. The number of aliphatic hydroxyl groups excluding tert-OH is 1. The molecular weight excluding hydrogens is 562 g/mol. The molecule has 0 aliphatic heterocycles. The minimum absolute atomic E-state index is 0.0302. The van der Waals surface area contributed by atoms with E-state index in [1.807, 2.05) is 20.8 Å². The minimum atomic E-state index is -1.17. The molecule has 8 unspecified atom stereocenters. The fraction of sp³-hybridized carbons (Fsp3) is 0.667. The summed E-state index contributed by atoms with van der Waals surface area (Å²) < 4.78 is 28.4. The number of nitrogens with zero attached hydrogens (tertiary/aromatic N) is 1. The lowest BCUT2D eigenvalue weighted by Gasteiger charge is -2.71.